The van der Waals surface area contributed by atoms with Crippen LogP contribution in [0.15, 0.2) is 29.3 Å². The summed E-state index contributed by atoms with van der Waals surface area (Å²) in [5, 5.41) is 6.77. The van der Waals surface area contributed by atoms with Crippen molar-refractivity contribution in [3.05, 3.63) is 34.9 Å². The molecule has 1 rings (SSSR count). The Bertz CT molecular complexity index is 579. The molecule has 0 atom stereocenters. The summed E-state index contributed by atoms with van der Waals surface area (Å²) >= 11 is 6.08. The number of halogens is 2. The first-order chi connectivity index (χ1) is 9.98. The Kier molecular flexibility index (Phi) is 10.8. The van der Waals surface area contributed by atoms with Gasteiger partial charge >= 0.3 is 0 Å². The second kappa shape index (κ2) is 11.1. The molecule has 0 aliphatic carbocycles. The lowest BCUT2D eigenvalue weighted by molar-refractivity contribution is 0.595. The molecule has 0 amide bonds. The van der Waals surface area contributed by atoms with Crippen LogP contribution in [0.1, 0.15) is 19.4 Å². The first-order valence-corrected chi connectivity index (χ1v) is 9.14. The molecule has 0 heterocycles. The van der Waals surface area contributed by atoms with Crippen molar-refractivity contribution in [3.63, 3.8) is 0 Å². The van der Waals surface area contributed by atoms with E-state index in [-0.39, 0.29) is 35.5 Å². The first-order valence-electron chi connectivity index (χ1n) is 6.94. The van der Waals surface area contributed by atoms with Gasteiger partial charge < -0.3 is 10.6 Å². The third-order valence-electron chi connectivity index (χ3n) is 2.85. The normalized spacial score (nSPS) is 11.7. The molecule has 0 bridgehead atoms. The van der Waals surface area contributed by atoms with Gasteiger partial charge in [0, 0.05) is 23.9 Å². The maximum absolute atomic E-state index is 11.4. The lowest BCUT2D eigenvalue weighted by Gasteiger charge is -2.11. The molecule has 8 heteroatoms. The van der Waals surface area contributed by atoms with E-state index in [1.165, 1.54) is 0 Å². The molecular formula is C14H23ClIN3O2S. The number of hydrogen-bond donors (Lipinski definition) is 2. The van der Waals surface area contributed by atoms with Gasteiger partial charge in [-0.05, 0) is 18.6 Å². The molecule has 0 aliphatic heterocycles. The van der Waals surface area contributed by atoms with Crippen molar-refractivity contribution >= 4 is 51.4 Å². The molecule has 0 spiro atoms. The van der Waals surface area contributed by atoms with Crippen molar-refractivity contribution in [3.8, 4) is 0 Å². The summed E-state index contributed by atoms with van der Waals surface area (Å²) in [6.07, 6.45) is 0. The summed E-state index contributed by atoms with van der Waals surface area (Å²) in [7, 11) is -2.97. The van der Waals surface area contributed by atoms with Gasteiger partial charge in [0.05, 0.1) is 12.3 Å². The maximum atomic E-state index is 11.4. The van der Waals surface area contributed by atoms with Gasteiger partial charge in [0.15, 0.2) is 15.8 Å². The molecule has 0 unspecified atom stereocenters. The molecule has 0 aromatic heterocycles. The van der Waals surface area contributed by atoms with E-state index >= 15 is 0 Å². The predicted molar refractivity (Wildman–Crippen MR) is 104 cm³/mol. The number of nitrogens with one attached hydrogen (secondary N) is 2. The molecule has 22 heavy (non-hydrogen) atoms. The summed E-state index contributed by atoms with van der Waals surface area (Å²) in [6, 6.07) is 7.51. The molecule has 0 saturated heterocycles. The summed E-state index contributed by atoms with van der Waals surface area (Å²) in [5.41, 5.74) is 0.928. The molecular weight excluding hydrogens is 437 g/mol. The molecule has 1 aromatic rings. The fourth-order valence-corrected chi connectivity index (χ4v) is 2.50. The van der Waals surface area contributed by atoms with Gasteiger partial charge in [-0.2, -0.15) is 0 Å². The minimum atomic E-state index is -2.97. The van der Waals surface area contributed by atoms with Gasteiger partial charge in [0.2, 0.25) is 0 Å². The average Bonchev–Trinajstić information content (AvgIpc) is 2.46. The largest absolute Gasteiger partial charge is 0.357 e. The number of aliphatic imine (C=N–C) groups is 1. The van der Waals surface area contributed by atoms with Crippen LogP contribution in [0.2, 0.25) is 5.02 Å². The van der Waals surface area contributed by atoms with Crippen LogP contribution in [0.25, 0.3) is 0 Å². The van der Waals surface area contributed by atoms with E-state index in [1.807, 2.05) is 31.2 Å². The lowest BCUT2D eigenvalue weighted by atomic mass is 10.2. The molecule has 0 aliphatic rings. The zero-order valence-electron chi connectivity index (χ0n) is 12.8. The van der Waals surface area contributed by atoms with Crippen molar-refractivity contribution in [2.45, 2.75) is 20.4 Å². The van der Waals surface area contributed by atoms with Gasteiger partial charge in [-0.1, -0.05) is 36.7 Å². The number of nitrogens with zero attached hydrogens (tertiary/aromatic N) is 1. The Balaban J connectivity index is 0.00000441. The molecule has 0 saturated carbocycles. The smallest absolute Gasteiger partial charge is 0.191 e. The zero-order valence-corrected chi connectivity index (χ0v) is 16.7. The van der Waals surface area contributed by atoms with Crippen molar-refractivity contribution < 1.29 is 8.42 Å². The van der Waals surface area contributed by atoms with Crippen molar-refractivity contribution in [1.82, 2.24) is 10.6 Å². The Hall–Kier alpha value is -0.540. The second-order valence-corrected chi connectivity index (χ2v) is 7.33. The third kappa shape index (κ3) is 8.19. The third-order valence-corrected chi connectivity index (χ3v) is 4.93. The maximum Gasteiger partial charge on any atom is 0.191 e. The van der Waals surface area contributed by atoms with Crippen LogP contribution in [0, 0.1) is 0 Å². The summed E-state index contributed by atoms with van der Waals surface area (Å²) in [5.74, 6) is 0.839. The highest BCUT2D eigenvalue weighted by Crippen LogP contribution is 2.15. The minimum absolute atomic E-state index is 0. The molecule has 2 N–H and O–H groups in total. The summed E-state index contributed by atoms with van der Waals surface area (Å²) in [6.45, 7) is 5.08. The molecule has 0 radical (unpaired) electrons. The number of sulfone groups is 1. The van der Waals surface area contributed by atoms with Crippen LogP contribution in [-0.4, -0.2) is 39.0 Å². The number of guanidine groups is 1. The van der Waals surface area contributed by atoms with Crippen LogP contribution in [0.3, 0.4) is 0 Å². The van der Waals surface area contributed by atoms with Gasteiger partial charge in [-0.25, -0.2) is 13.4 Å². The van der Waals surface area contributed by atoms with Gasteiger partial charge in [0.1, 0.15) is 0 Å². The predicted octanol–water partition coefficient (Wildman–Crippen LogP) is 2.45. The highest BCUT2D eigenvalue weighted by molar-refractivity contribution is 14.0. The fourth-order valence-electron chi connectivity index (χ4n) is 1.60. The number of rotatable bonds is 7. The van der Waals surface area contributed by atoms with Gasteiger partial charge in [-0.3, -0.25) is 0 Å². The van der Waals surface area contributed by atoms with E-state index in [4.69, 9.17) is 11.6 Å². The van der Waals surface area contributed by atoms with Crippen LogP contribution in [0.4, 0.5) is 0 Å². The average molecular weight is 460 g/mol. The van der Waals surface area contributed by atoms with Crippen molar-refractivity contribution in [2.75, 3.05) is 24.6 Å². The lowest BCUT2D eigenvalue weighted by Crippen LogP contribution is -2.39. The molecule has 1 aromatic carbocycles. The SMILES string of the molecule is CCNC(=NCc1ccccc1Cl)NCCS(=O)(=O)CC.I. The molecule has 5 nitrogen and oxygen atoms in total. The van der Waals surface area contributed by atoms with Crippen molar-refractivity contribution in [1.29, 1.82) is 0 Å². The van der Waals surface area contributed by atoms with Crippen molar-refractivity contribution in [2.24, 2.45) is 4.99 Å². The zero-order chi connectivity index (χ0) is 15.7. The summed E-state index contributed by atoms with van der Waals surface area (Å²) < 4.78 is 22.9. The minimum Gasteiger partial charge on any atom is -0.357 e. The van der Waals surface area contributed by atoms with E-state index in [0.717, 1.165) is 5.56 Å². The van der Waals surface area contributed by atoms with E-state index in [2.05, 4.69) is 15.6 Å². The number of hydrogen-bond acceptors (Lipinski definition) is 3. The highest BCUT2D eigenvalue weighted by atomic mass is 127. The number of benzene rings is 1. The van der Waals surface area contributed by atoms with E-state index < -0.39 is 9.84 Å². The standard InChI is InChI=1S/C14H22ClN3O2S.HI/c1-3-16-14(17-9-10-21(19,20)4-2)18-11-12-7-5-6-8-13(12)15;/h5-8H,3-4,9-11H2,1-2H3,(H2,16,17,18);1H. The van der Waals surface area contributed by atoms with Crippen LogP contribution in [-0.2, 0) is 16.4 Å². The van der Waals surface area contributed by atoms with E-state index in [0.29, 0.717) is 30.6 Å². The first kappa shape index (κ1) is 21.5. The summed E-state index contributed by atoms with van der Waals surface area (Å²) in [4.78, 5) is 4.41. The molecule has 0 fully saturated rings. The quantitative estimate of drug-likeness (QED) is 0.373. The van der Waals surface area contributed by atoms with E-state index in [9.17, 15) is 8.42 Å². The Morgan fingerprint density at radius 3 is 2.50 bits per heavy atom. The Morgan fingerprint density at radius 1 is 1.23 bits per heavy atom. The topological polar surface area (TPSA) is 70.6 Å². The second-order valence-electron chi connectivity index (χ2n) is 4.45. The van der Waals surface area contributed by atoms with Crippen LogP contribution in [0.5, 0.6) is 0 Å². The Labute approximate surface area is 154 Å². The monoisotopic (exact) mass is 459 g/mol. The molecule has 126 valence electrons. The fraction of sp³-hybridized carbons (Fsp3) is 0.500. The van der Waals surface area contributed by atoms with Gasteiger partial charge in [0.25, 0.3) is 0 Å². The van der Waals surface area contributed by atoms with Gasteiger partial charge in [-0.15, -0.1) is 24.0 Å². The Morgan fingerprint density at radius 2 is 1.91 bits per heavy atom. The van der Waals surface area contributed by atoms with Crippen LogP contribution < -0.4 is 10.6 Å². The highest BCUT2D eigenvalue weighted by Gasteiger charge is 2.07. The van der Waals surface area contributed by atoms with Crippen LogP contribution >= 0.6 is 35.6 Å². The van der Waals surface area contributed by atoms with E-state index in [1.54, 1.807) is 6.92 Å².